The van der Waals surface area contributed by atoms with Crippen LogP contribution in [0.5, 0.6) is 0 Å². The smallest absolute Gasteiger partial charge is 0.341 e. The van der Waals surface area contributed by atoms with E-state index in [2.05, 4.69) is 20.6 Å². The van der Waals surface area contributed by atoms with Crippen LogP contribution in [0.4, 0.5) is 10.8 Å². The standard InChI is InChI=1S/C17H20N4O2S2/c1-2-23-16(22)14-11-6-4-3-5-7-12(11)25-15(14)21-17(24)20-13-10-18-8-9-19-13/h8-10H,2-7H2,1H3,(H2,19,20,21,24). The molecule has 0 saturated heterocycles. The first-order chi connectivity index (χ1) is 12.2. The zero-order valence-corrected chi connectivity index (χ0v) is 15.6. The van der Waals surface area contributed by atoms with Gasteiger partial charge in [-0.15, -0.1) is 11.3 Å². The maximum Gasteiger partial charge on any atom is 0.341 e. The molecular weight excluding hydrogens is 356 g/mol. The molecule has 0 aromatic carbocycles. The van der Waals surface area contributed by atoms with E-state index in [1.165, 1.54) is 11.3 Å². The number of rotatable bonds is 4. The van der Waals surface area contributed by atoms with Crippen LogP contribution in [0.15, 0.2) is 18.6 Å². The van der Waals surface area contributed by atoms with E-state index < -0.39 is 0 Å². The third-order valence-corrected chi connectivity index (χ3v) is 5.34. The Bertz CT molecular complexity index is 762. The van der Waals surface area contributed by atoms with Gasteiger partial charge < -0.3 is 15.4 Å². The van der Waals surface area contributed by atoms with Crippen molar-refractivity contribution < 1.29 is 9.53 Å². The summed E-state index contributed by atoms with van der Waals surface area (Å²) in [6, 6.07) is 0. The van der Waals surface area contributed by atoms with E-state index in [1.54, 1.807) is 29.9 Å². The van der Waals surface area contributed by atoms with Gasteiger partial charge in [0.1, 0.15) is 5.00 Å². The summed E-state index contributed by atoms with van der Waals surface area (Å²) in [7, 11) is 0. The van der Waals surface area contributed by atoms with Gasteiger partial charge in [-0.3, -0.25) is 4.98 Å². The first-order valence-electron chi connectivity index (χ1n) is 8.34. The van der Waals surface area contributed by atoms with Crippen LogP contribution < -0.4 is 10.6 Å². The fraction of sp³-hybridized carbons (Fsp3) is 0.412. The molecule has 0 aliphatic heterocycles. The molecule has 0 amide bonds. The van der Waals surface area contributed by atoms with Crippen LogP contribution in [-0.2, 0) is 17.6 Å². The van der Waals surface area contributed by atoms with Crippen LogP contribution in [0.1, 0.15) is 47.0 Å². The molecule has 132 valence electrons. The number of aromatic nitrogens is 2. The first kappa shape index (κ1) is 17.8. The lowest BCUT2D eigenvalue weighted by atomic mass is 10.1. The monoisotopic (exact) mass is 376 g/mol. The summed E-state index contributed by atoms with van der Waals surface area (Å²) in [5, 5.41) is 7.25. The van der Waals surface area contributed by atoms with Gasteiger partial charge in [0, 0.05) is 17.3 Å². The van der Waals surface area contributed by atoms with Crippen LogP contribution in [-0.4, -0.2) is 27.7 Å². The molecule has 0 atom stereocenters. The van der Waals surface area contributed by atoms with Crippen LogP contribution in [0.2, 0.25) is 0 Å². The SMILES string of the molecule is CCOC(=O)c1c(NC(=S)Nc2cnccn2)sc2c1CCCCC2. The average Bonchev–Trinajstić information content (AvgIpc) is 2.77. The quantitative estimate of drug-likeness (QED) is 0.477. The van der Waals surface area contributed by atoms with Crippen molar-refractivity contribution in [3.63, 3.8) is 0 Å². The molecule has 2 N–H and O–H groups in total. The summed E-state index contributed by atoms with van der Waals surface area (Å²) in [6.07, 6.45) is 10.1. The number of carbonyl (C=O) groups is 1. The highest BCUT2D eigenvalue weighted by molar-refractivity contribution is 7.80. The summed E-state index contributed by atoms with van der Waals surface area (Å²) in [5.41, 5.74) is 1.75. The molecule has 6 nitrogen and oxygen atoms in total. The normalized spacial score (nSPS) is 13.5. The maximum absolute atomic E-state index is 12.5. The van der Waals surface area contributed by atoms with Gasteiger partial charge in [-0.1, -0.05) is 6.42 Å². The minimum atomic E-state index is -0.285. The molecule has 0 spiro atoms. The van der Waals surface area contributed by atoms with Crippen molar-refractivity contribution in [1.82, 2.24) is 9.97 Å². The molecule has 0 saturated carbocycles. The van der Waals surface area contributed by atoms with Crippen molar-refractivity contribution >= 4 is 45.5 Å². The highest BCUT2D eigenvalue weighted by atomic mass is 32.1. The fourth-order valence-corrected chi connectivity index (χ4v) is 4.42. The molecule has 0 radical (unpaired) electrons. The first-order valence-corrected chi connectivity index (χ1v) is 9.57. The Morgan fingerprint density at radius 1 is 1.28 bits per heavy atom. The van der Waals surface area contributed by atoms with Gasteiger partial charge in [0.15, 0.2) is 10.9 Å². The van der Waals surface area contributed by atoms with Crippen molar-refractivity contribution in [2.24, 2.45) is 0 Å². The molecule has 8 heteroatoms. The second-order valence-corrected chi connectivity index (χ2v) is 7.17. The summed E-state index contributed by atoms with van der Waals surface area (Å²) in [6.45, 7) is 2.17. The summed E-state index contributed by atoms with van der Waals surface area (Å²) < 4.78 is 5.28. The van der Waals surface area contributed by atoms with Gasteiger partial charge in [0.2, 0.25) is 0 Å². The van der Waals surface area contributed by atoms with Gasteiger partial charge in [0.25, 0.3) is 0 Å². The van der Waals surface area contributed by atoms with E-state index in [0.717, 1.165) is 36.2 Å². The number of carbonyl (C=O) groups excluding carboxylic acids is 1. The van der Waals surface area contributed by atoms with Crippen molar-refractivity contribution in [3.8, 4) is 0 Å². The number of esters is 1. The number of ether oxygens (including phenoxy) is 1. The minimum Gasteiger partial charge on any atom is -0.462 e. The molecule has 0 bridgehead atoms. The largest absolute Gasteiger partial charge is 0.462 e. The number of nitrogens with one attached hydrogen (secondary N) is 2. The van der Waals surface area contributed by atoms with E-state index in [-0.39, 0.29) is 5.97 Å². The fourth-order valence-electron chi connectivity index (χ4n) is 2.86. The topological polar surface area (TPSA) is 76.1 Å². The summed E-state index contributed by atoms with van der Waals surface area (Å²) in [5.74, 6) is 0.266. The number of fused-ring (bicyclic) bond motifs is 1. The van der Waals surface area contributed by atoms with E-state index in [0.29, 0.717) is 23.1 Å². The second-order valence-electron chi connectivity index (χ2n) is 5.66. The van der Waals surface area contributed by atoms with E-state index >= 15 is 0 Å². The predicted molar refractivity (Wildman–Crippen MR) is 103 cm³/mol. The lowest BCUT2D eigenvalue weighted by molar-refractivity contribution is 0.0527. The van der Waals surface area contributed by atoms with E-state index in [4.69, 9.17) is 17.0 Å². The van der Waals surface area contributed by atoms with Gasteiger partial charge in [-0.25, -0.2) is 9.78 Å². The third kappa shape index (κ3) is 4.32. The Morgan fingerprint density at radius 2 is 2.12 bits per heavy atom. The molecule has 2 heterocycles. The number of hydrogen-bond donors (Lipinski definition) is 2. The zero-order valence-electron chi connectivity index (χ0n) is 14.0. The highest BCUT2D eigenvalue weighted by Crippen LogP contribution is 2.38. The van der Waals surface area contributed by atoms with Gasteiger partial charge >= 0.3 is 5.97 Å². The van der Waals surface area contributed by atoms with Gasteiger partial charge in [0.05, 0.1) is 18.4 Å². The average molecular weight is 377 g/mol. The number of anilines is 2. The zero-order chi connectivity index (χ0) is 17.6. The molecule has 0 unspecified atom stereocenters. The molecule has 1 aliphatic carbocycles. The van der Waals surface area contributed by atoms with Gasteiger partial charge in [-0.2, -0.15) is 0 Å². The van der Waals surface area contributed by atoms with Crippen molar-refractivity contribution in [1.29, 1.82) is 0 Å². The minimum absolute atomic E-state index is 0.285. The molecule has 2 aromatic rings. The number of nitrogens with zero attached hydrogens (tertiary/aromatic N) is 2. The van der Waals surface area contributed by atoms with Gasteiger partial charge in [-0.05, 0) is 50.4 Å². The third-order valence-electron chi connectivity index (χ3n) is 3.93. The Labute approximate surface area is 156 Å². The van der Waals surface area contributed by atoms with Crippen molar-refractivity contribution in [2.75, 3.05) is 17.2 Å². The highest BCUT2D eigenvalue weighted by Gasteiger charge is 2.26. The number of thiophene rings is 1. The second kappa shape index (κ2) is 8.35. The van der Waals surface area contributed by atoms with Crippen LogP contribution in [0.3, 0.4) is 0 Å². The Balaban J connectivity index is 1.84. The van der Waals surface area contributed by atoms with Crippen molar-refractivity contribution in [2.45, 2.75) is 39.0 Å². The number of thiocarbonyl (C=S) groups is 1. The molecule has 3 rings (SSSR count). The van der Waals surface area contributed by atoms with Crippen LogP contribution in [0, 0.1) is 0 Å². The lowest BCUT2D eigenvalue weighted by Gasteiger charge is -2.11. The Kier molecular flexibility index (Phi) is 5.93. The van der Waals surface area contributed by atoms with Crippen LogP contribution >= 0.6 is 23.6 Å². The lowest BCUT2D eigenvalue weighted by Crippen LogP contribution is -2.21. The number of aryl methyl sites for hydroxylation is 1. The summed E-state index contributed by atoms with van der Waals surface area (Å²) >= 11 is 6.95. The Hall–Kier alpha value is -2.06. The molecule has 2 aromatic heterocycles. The Morgan fingerprint density at radius 3 is 2.88 bits per heavy atom. The van der Waals surface area contributed by atoms with E-state index in [9.17, 15) is 4.79 Å². The van der Waals surface area contributed by atoms with Crippen molar-refractivity contribution in [3.05, 3.63) is 34.6 Å². The predicted octanol–water partition coefficient (Wildman–Crippen LogP) is 3.79. The number of hydrogen-bond acceptors (Lipinski definition) is 6. The van der Waals surface area contributed by atoms with E-state index in [1.807, 2.05) is 6.92 Å². The molecular formula is C17H20N4O2S2. The summed E-state index contributed by atoms with van der Waals surface area (Å²) in [4.78, 5) is 21.9. The molecule has 25 heavy (non-hydrogen) atoms. The molecule has 1 aliphatic rings. The molecule has 0 fully saturated rings. The maximum atomic E-state index is 12.5. The van der Waals surface area contributed by atoms with Crippen LogP contribution in [0.25, 0.3) is 0 Å².